The molecule has 0 amide bonds. The van der Waals surface area contributed by atoms with Crippen molar-refractivity contribution in [1.82, 2.24) is 0 Å². The Balaban J connectivity index is 2.41. The van der Waals surface area contributed by atoms with Gasteiger partial charge in [0.1, 0.15) is 11.3 Å². The predicted molar refractivity (Wildman–Crippen MR) is 67.0 cm³/mol. The van der Waals surface area contributed by atoms with Gasteiger partial charge in [-0.25, -0.2) is 4.79 Å². The maximum Gasteiger partial charge on any atom is 0.339 e. The van der Waals surface area contributed by atoms with E-state index in [4.69, 9.17) is 10.8 Å². The summed E-state index contributed by atoms with van der Waals surface area (Å²) in [4.78, 5) is 11.0. The first-order valence-electron chi connectivity index (χ1n) is 5.52. The lowest BCUT2D eigenvalue weighted by Crippen LogP contribution is -2.27. The summed E-state index contributed by atoms with van der Waals surface area (Å²) in [6.45, 7) is 0. The number of nitrogens with two attached hydrogens (primary N) is 1. The van der Waals surface area contributed by atoms with Gasteiger partial charge in [-0.1, -0.05) is 22.4 Å². The van der Waals surface area contributed by atoms with Crippen LogP contribution >= 0.6 is 15.9 Å². The Hall–Kier alpha value is -1.07. The van der Waals surface area contributed by atoms with Gasteiger partial charge >= 0.3 is 5.97 Å². The molecule has 1 atom stereocenters. The van der Waals surface area contributed by atoms with E-state index in [0.29, 0.717) is 16.0 Å². The minimum atomic E-state index is -1.15. The topological polar surface area (TPSA) is 83.6 Å². The van der Waals surface area contributed by atoms with Crippen LogP contribution < -0.4 is 5.73 Å². The number of carbonyl (C=O) groups is 1. The molecular formula is C12H14BrNO3. The maximum atomic E-state index is 11.0. The van der Waals surface area contributed by atoms with E-state index in [1.54, 1.807) is 6.07 Å². The van der Waals surface area contributed by atoms with Gasteiger partial charge in [-0.2, -0.15) is 0 Å². The van der Waals surface area contributed by atoms with Gasteiger partial charge in [0.15, 0.2) is 0 Å². The molecule has 2 rings (SSSR count). The number of hydrogen-bond donors (Lipinski definition) is 3. The highest BCUT2D eigenvalue weighted by Gasteiger charge is 2.29. The minimum absolute atomic E-state index is 0.107. The Labute approximate surface area is 108 Å². The monoisotopic (exact) mass is 299 g/mol. The Morgan fingerprint density at radius 3 is 2.59 bits per heavy atom. The van der Waals surface area contributed by atoms with Gasteiger partial charge in [0.05, 0.1) is 0 Å². The van der Waals surface area contributed by atoms with E-state index in [2.05, 4.69) is 15.9 Å². The Kier molecular flexibility index (Phi) is 3.40. The van der Waals surface area contributed by atoms with Crippen molar-refractivity contribution in [2.75, 3.05) is 0 Å². The number of rotatable bonds is 3. The number of carboxylic acid groups (broad SMARTS) is 1. The van der Waals surface area contributed by atoms with Crippen LogP contribution in [0, 0.1) is 5.92 Å². The molecule has 17 heavy (non-hydrogen) atoms. The molecule has 1 saturated carbocycles. The van der Waals surface area contributed by atoms with E-state index in [1.807, 2.05) is 0 Å². The van der Waals surface area contributed by atoms with Gasteiger partial charge in [-0.05, 0) is 30.9 Å². The van der Waals surface area contributed by atoms with Crippen LogP contribution in [0.15, 0.2) is 16.6 Å². The SMILES string of the molecule is N[C@@H](c1cc(Br)cc(C(=O)O)c1O)C1CCC1. The average Bonchev–Trinajstić information content (AvgIpc) is 2.17. The molecule has 0 spiro atoms. The summed E-state index contributed by atoms with van der Waals surface area (Å²) < 4.78 is 0.623. The molecule has 0 bridgehead atoms. The number of aromatic hydroxyl groups is 1. The van der Waals surface area contributed by atoms with E-state index in [-0.39, 0.29) is 17.4 Å². The van der Waals surface area contributed by atoms with Crippen molar-refractivity contribution in [3.63, 3.8) is 0 Å². The smallest absolute Gasteiger partial charge is 0.339 e. The van der Waals surface area contributed by atoms with Crippen LogP contribution in [0.1, 0.15) is 41.2 Å². The zero-order valence-corrected chi connectivity index (χ0v) is 10.8. The van der Waals surface area contributed by atoms with E-state index in [1.165, 1.54) is 6.07 Å². The fourth-order valence-corrected chi connectivity index (χ4v) is 2.57. The highest BCUT2D eigenvalue weighted by atomic mass is 79.9. The fourth-order valence-electron chi connectivity index (χ4n) is 2.09. The van der Waals surface area contributed by atoms with Gasteiger partial charge in [0.25, 0.3) is 0 Å². The lowest BCUT2D eigenvalue weighted by Gasteiger charge is -2.32. The second-order valence-electron chi connectivity index (χ2n) is 4.41. The van der Waals surface area contributed by atoms with E-state index in [0.717, 1.165) is 19.3 Å². The second-order valence-corrected chi connectivity index (χ2v) is 5.33. The molecule has 1 aromatic rings. The van der Waals surface area contributed by atoms with Crippen molar-refractivity contribution in [3.8, 4) is 5.75 Å². The van der Waals surface area contributed by atoms with Gasteiger partial charge in [-0.3, -0.25) is 0 Å². The number of phenols is 1. The number of aromatic carboxylic acids is 1. The molecule has 0 aromatic heterocycles. The predicted octanol–water partition coefficient (Wildman–Crippen LogP) is 2.65. The van der Waals surface area contributed by atoms with Crippen molar-refractivity contribution in [2.45, 2.75) is 25.3 Å². The van der Waals surface area contributed by atoms with Crippen LogP contribution in [0.4, 0.5) is 0 Å². The molecule has 0 aliphatic heterocycles. The third kappa shape index (κ3) is 2.30. The summed E-state index contributed by atoms with van der Waals surface area (Å²) in [6.07, 6.45) is 3.23. The zero-order chi connectivity index (χ0) is 12.6. The number of benzene rings is 1. The van der Waals surface area contributed by atoms with Crippen LogP contribution in [0.25, 0.3) is 0 Å². The lowest BCUT2D eigenvalue weighted by molar-refractivity contribution is 0.0693. The normalized spacial score (nSPS) is 17.5. The number of halogens is 1. The lowest BCUT2D eigenvalue weighted by atomic mass is 9.77. The largest absolute Gasteiger partial charge is 0.507 e. The van der Waals surface area contributed by atoms with E-state index < -0.39 is 5.97 Å². The molecule has 1 aliphatic carbocycles. The Morgan fingerprint density at radius 2 is 2.12 bits per heavy atom. The van der Waals surface area contributed by atoms with Gasteiger partial charge < -0.3 is 15.9 Å². The van der Waals surface area contributed by atoms with Crippen molar-refractivity contribution < 1.29 is 15.0 Å². The number of carboxylic acids is 1. The summed E-state index contributed by atoms with van der Waals surface area (Å²) in [5, 5.41) is 18.9. The molecule has 5 heteroatoms. The summed E-state index contributed by atoms with van der Waals surface area (Å²) in [5.41, 5.74) is 6.47. The number of hydrogen-bond acceptors (Lipinski definition) is 3. The minimum Gasteiger partial charge on any atom is -0.507 e. The van der Waals surface area contributed by atoms with Crippen molar-refractivity contribution in [1.29, 1.82) is 0 Å². The van der Waals surface area contributed by atoms with Crippen LogP contribution in [-0.2, 0) is 0 Å². The average molecular weight is 300 g/mol. The molecule has 1 aromatic carbocycles. The third-order valence-corrected chi connectivity index (χ3v) is 3.81. The third-order valence-electron chi connectivity index (χ3n) is 3.35. The highest BCUT2D eigenvalue weighted by molar-refractivity contribution is 9.10. The Morgan fingerprint density at radius 1 is 1.47 bits per heavy atom. The summed E-state index contributed by atoms with van der Waals surface area (Å²) in [6, 6.07) is 2.79. The highest BCUT2D eigenvalue weighted by Crippen LogP contribution is 2.41. The first-order chi connectivity index (χ1) is 8.00. The van der Waals surface area contributed by atoms with Gasteiger partial charge in [0, 0.05) is 16.1 Å². The summed E-state index contributed by atoms with van der Waals surface area (Å²) in [5.74, 6) is -1.01. The molecule has 1 fully saturated rings. The standard InChI is InChI=1S/C12H14BrNO3/c13-7-4-8(10(14)6-2-1-3-6)11(15)9(5-7)12(16)17/h4-6,10,15H,1-3,14H2,(H,16,17)/t10-/m1/s1. The maximum absolute atomic E-state index is 11.0. The fraction of sp³-hybridized carbons (Fsp3) is 0.417. The van der Waals surface area contributed by atoms with E-state index in [9.17, 15) is 9.90 Å². The quantitative estimate of drug-likeness (QED) is 0.801. The van der Waals surface area contributed by atoms with Crippen molar-refractivity contribution in [3.05, 3.63) is 27.7 Å². The molecular weight excluding hydrogens is 286 g/mol. The molecule has 0 heterocycles. The van der Waals surface area contributed by atoms with Crippen LogP contribution in [0.3, 0.4) is 0 Å². The Bertz CT molecular complexity index is 457. The van der Waals surface area contributed by atoms with Crippen molar-refractivity contribution >= 4 is 21.9 Å². The summed E-state index contributed by atoms with van der Waals surface area (Å²) in [7, 11) is 0. The van der Waals surface area contributed by atoms with Crippen LogP contribution in [0.2, 0.25) is 0 Å². The molecule has 0 saturated heterocycles. The zero-order valence-electron chi connectivity index (χ0n) is 9.19. The molecule has 0 unspecified atom stereocenters. The molecule has 1 aliphatic rings. The second kappa shape index (κ2) is 4.66. The van der Waals surface area contributed by atoms with Crippen molar-refractivity contribution in [2.24, 2.45) is 11.7 Å². The molecule has 4 nitrogen and oxygen atoms in total. The molecule has 0 radical (unpaired) electrons. The first-order valence-corrected chi connectivity index (χ1v) is 6.31. The van der Waals surface area contributed by atoms with Crippen LogP contribution in [0.5, 0.6) is 5.75 Å². The molecule has 4 N–H and O–H groups in total. The first kappa shape index (κ1) is 12.4. The summed E-state index contributed by atoms with van der Waals surface area (Å²) >= 11 is 3.24. The van der Waals surface area contributed by atoms with Gasteiger partial charge in [0.2, 0.25) is 0 Å². The molecule has 92 valence electrons. The van der Waals surface area contributed by atoms with E-state index >= 15 is 0 Å². The van der Waals surface area contributed by atoms with Crippen LogP contribution in [-0.4, -0.2) is 16.2 Å². The van der Waals surface area contributed by atoms with Gasteiger partial charge in [-0.15, -0.1) is 0 Å².